The van der Waals surface area contributed by atoms with E-state index in [0.29, 0.717) is 5.82 Å². The van der Waals surface area contributed by atoms with Crippen LogP contribution < -0.4 is 5.73 Å². The molecule has 0 unspecified atom stereocenters. The van der Waals surface area contributed by atoms with E-state index >= 15 is 0 Å². The van der Waals surface area contributed by atoms with E-state index in [1.54, 1.807) is 0 Å². The zero-order valence-corrected chi connectivity index (χ0v) is 9.68. The molecule has 0 aromatic carbocycles. The Kier molecular flexibility index (Phi) is 2.79. The molecule has 0 aliphatic carbocycles. The molecule has 14 heavy (non-hydrogen) atoms. The van der Waals surface area contributed by atoms with Crippen LogP contribution in [0.5, 0.6) is 0 Å². The first kappa shape index (κ1) is 11.0. The second-order valence-electron chi connectivity index (χ2n) is 4.60. The molecule has 0 radical (unpaired) electrons. The van der Waals surface area contributed by atoms with Crippen LogP contribution in [-0.4, -0.2) is 9.97 Å². The second kappa shape index (κ2) is 3.56. The lowest BCUT2D eigenvalue weighted by Crippen LogP contribution is -2.19. The maximum absolute atomic E-state index is 5.88. The molecule has 0 spiro atoms. The maximum Gasteiger partial charge on any atom is 0.136 e. The molecule has 0 fully saturated rings. The van der Waals surface area contributed by atoms with Crippen molar-refractivity contribution in [1.29, 1.82) is 0 Å². The number of nitrogens with zero attached hydrogens (tertiary/aromatic N) is 2. The summed E-state index contributed by atoms with van der Waals surface area (Å²) in [6, 6.07) is 0. The van der Waals surface area contributed by atoms with E-state index in [9.17, 15) is 0 Å². The summed E-state index contributed by atoms with van der Waals surface area (Å²) in [5.41, 5.74) is 7.91. The summed E-state index contributed by atoms with van der Waals surface area (Å²) in [7, 11) is 0. The molecule has 3 nitrogen and oxygen atoms in total. The third kappa shape index (κ3) is 2.03. The third-order valence-corrected chi connectivity index (χ3v) is 2.27. The Balaban J connectivity index is 3.28. The van der Waals surface area contributed by atoms with Crippen molar-refractivity contribution in [1.82, 2.24) is 9.97 Å². The number of anilines is 1. The SMILES string of the molecule is CCc1c(C)nc(C(C)(C)C)nc1N. The van der Waals surface area contributed by atoms with Crippen molar-refractivity contribution in [3.05, 3.63) is 17.1 Å². The van der Waals surface area contributed by atoms with E-state index in [1.165, 1.54) is 0 Å². The van der Waals surface area contributed by atoms with Gasteiger partial charge in [0.15, 0.2) is 0 Å². The lowest BCUT2D eigenvalue weighted by atomic mass is 9.95. The van der Waals surface area contributed by atoms with Crippen LogP contribution >= 0.6 is 0 Å². The van der Waals surface area contributed by atoms with Gasteiger partial charge >= 0.3 is 0 Å². The Morgan fingerprint density at radius 3 is 2.14 bits per heavy atom. The summed E-state index contributed by atoms with van der Waals surface area (Å²) in [4.78, 5) is 8.83. The molecule has 0 amide bonds. The molecule has 0 bridgehead atoms. The summed E-state index contributed by atoms with van der Waals surface area (Å²) in [6.07, 6.45) is 0.891. The lowest BCUT2D eigenvalue weighted by molar-refractivity contribution is 0.543. The molecule has 1 heterocycles. The van der Waals surface area contributed by atoms with Gasteiger partial charge in [-0.15, -0.1) is 0 Å². The standard InChI is InChI=1S/C11H19N3/c1-6-8-7(2)13-10(11(3,4)5)14-9(8)12/h6H2,1-5H3,(H2,12,13,14). The number of hydrogen-bond acceptors (Lipinski definition) is 3. The van der Waals surface area contributed by atoms with Gasteiger partial charge in [0.25, 0.3) is 0 Å². The van der Waals surface area contributed by atoms with Gasteiger partial charge in [-0.3, -0.25) is 0 Å². The summed E-state index contributed by atoms with van der Waals surface area (Å²) < 4.78 is 0. The van der Waals surface area contributed by atoms with Gasteiger partial charge in [0.2, 0.25) is 0 Å². The molecule has 2 N–H and O–H groups in total. The summed E-state index contributed by atoms with van der Waals surface area (Å²) in [5.74, 6) is 1.45. The first-order valence-electron chi connectivity index (χ1n) is 4.99. The number of nitrogens with two attached hydrogens (primary N) is 1. The molecule has 1 aromatic heterocycles. The summed E-state index contributed by atoms with van der Waals surface area (Å²) in [5, 5.41) is 0. The van der Waals surface area contributed by atoms with Gasteiger partial charge in [-0.25, -0.2) is 9.97 Å². The van der Waals surface area contributed by atoms with Gasteiger partial charge in [0, 0.05) is 16.7 Å². The van der Waals surface area contributed by atoms with Crippen LogP contribution in [-0.2, 0) is 11.8 Å². The summed E-state index contributed by atoms with van der Waals surface area (Å²) in [6.45, 7) is 10.3. The van der Waals surface area contributed by atoms with Crippen LogP contribution in [0, 0.1) is 6.92 Å². The Morgan fingerprint density at radius 2 is 1.79 bits per heavy atom. The van der Waals surface area contributed by atoms with Gasteiger partial charge in [0.1, 0.15) is 11.6 Å². The molecule has 78 valence electrons. The zero-order chi connectivity index (χ0) is 10.9. The molecule has 1 rings (SSSR count). The molecule has 3 heteroatoms. The van der Waals surface area contributed by atoms with Crippen LogP contribution in [0.4, 0.5) is 5.82 Å². The number of aryl methyl sites for hydroxylation is 1. The van der Waals surface area contributed by atoms with Crippen LogP contribution in [0.15, 0.2) is 0 Å². The van der Waals surface area contributed by atoms with E-state index in [2.05, 4.69) is 37.7 Å². The Morgan fingerprint density at radius 1 is 1.21 bits per heavy atom. The van der Waals surface area contributed by atoms with Crippen molar-refractivity contribution in [3.8, 4) is 0 Å². The number of aromatic nitrogens is 2. The van der Waals surface area contributed by atoms with Crippen LogP contribution in [0.25, 0.3) is 0 Å². The van der Waals surface area contributed by atoms with Gasteiger partial charge in [0.05, 0.1) is 0 Å². The van der Waals surface area contributed by atoms with Gasteiger partial charge in [-0.1, -0.05) is 27.7 Å². The Labute approximate surface area is 85.8 Å². The highest BCUT2D eigenvalue weighted by Gasteiger charge is 2.19. The van der Waals surface area contributed by atoms with Gasteiger partial charge < -0.3 is 5.73 Å². The fourth-order valence-electron chi connectivity index (χ4n) is 1.39. The second-order valence-corrected chi connectivity index (χ2v) is 4.60. The highest BCUT2D eigenvalue weighted by Crippen LogP contribution is 2.22. The topological polar surface area (TPSA) is 51.8 Å². The number of rotatable bonds is 1. The van der Waals surface area contributed by atoms with Crippen molar-refractivity contribution in [2.75, 3.05) is 5.73 Å². The molecule has 0 saturated heterocycles. The minimum atomic E-state index is -0.0366. The van der Waals surface area contributed by atoms with E-state index in [-0.39, 0.29) is 5.41 Å². The van der Waals surface area contributed by atoms with Crippen molar-refractivity contribution in [2.45, 2.75) is 46.5 Å². The fraction of sp³-hybridized carbons (Fsp3) is 0.636. The van der Waals surface area contributed by atoms with Gasteiger partial charge in [-0.05, 0) is 13.3 Å². The van der Waals surface area contributed by atoms with E-state index in [0.717, 1.165) is 23.5 Å². The highest BCUT2D eigenvalue weighted by molar-refractivity contribution is 5.42. The average molecular weight is 193 g/mol. The summed E-state index contributed by atoms with van der Waals surface area (Å²) >= 11 is 0. The predicted octanol–water partition coefficient (Wildman–Crippen LogP) is 2.23. The van der Waals surface area contributed by atoms with Crippen LogP contribution in [0.2, 0.25) is 0 Å². The van der Waals surface area contributed by atoms with Gasteiger partial charge in [-0.2, -0.15) is 0 Å². The average Bonchev–Trinajstić information content (AvgIpc) is 2.01. The zero-order valence-electron chi connectivity index (χ0n) is 9.68. The fourth-order valence-corrected chi connectivity index (χ4v) is 1.39. The Bertz CT molecular complexity index is 314. The van der Waals surface area contributed by atoms with Crippen molar-refractivity contribution in [2.24, 2.45) is 0 Å². The minimum absolute atomic E-state index is 0.0366. The number of hydrogen-bond donors (Lipinski definition) is 1. The van der Waals surface area contributed by atoms with E-state index in [1.807, 2.05) is 6.92 Å². The van der Waals surface area contributed by atoms with Crippen molar-refractivity contribution in [3.63, 3.8) is 0 Å². The largest absolute Gasteiger partial charge is 0.383 e. The molecule has 1 aromatic rings. The van der Waals surface area contributed by atoms with E-state index in [4.69, 9.17) is 5.73 Å². The quantitative estimate of drug-likeness (QED) is 0.744. The highest BCUT2D eigenvalue weighted by atomic mass is 15.0. The molecule has 0 aliphatic heterocycles. The smallest absolute Gasteiger partial charge is 0.136 e. The monoisotopic (exact) mass is 193 g/mol. The maximum atomic E-state index is 5.88. The molecular formula is C11H19N3. The normalized spacial score (nSPS) is 11.8. The van der Waals surface area contributed by atoms with Crippen LogP contribution in [0.3, 0.4) is 0 Å². The first-order valence-corrected chi connectivity index (χ1v) is 4.99. The molecule has 0 atom stereocenters. The molecule has 0 aliphatic rings. The lowest BCUT2D eigenvalue weighted by Gasteiger charge is -2.18. The molecular weight excluding hydrogens is 174 g/mol. The van der Waals surface area contributed by atoms with Crippen LogP contribution in [0.1, 0.15) is 44.8 Å². The van der Waals surface area contributed by atoms with Crippen molar-refractivity contribution >= 4 is 5.82 Å². The predicted molar refractivity (Wildman–Crippen MR) is 59.3 cm³/mol. The first-order chi connectivity index (χ1) is 6.36. The van der Waals surface area contributed by atoms with E-state index < -0.39 is 0 Å². The molecule has 0 saturated carbocycles. The van der Waals surface area contributed by atoms with Crippen molar-refractivity contribution < 1.29 is 0 Å². The minimum Gasteiger partial charge on any atom is -0.383 e. The number of nitrogen functional groups attached to an aromatic ring is 1. The Hall–Kier alpha value is -1.12. The third-order valence-electron chi connectivity index (χ3n) is 2.27.